The summed E-state index contributed by atoms with van der Waals surface area (Å²) in [7, 11) is 1.55. The van der Waals surface area contributed by atoms with E-state index in [4.69, 9.17) is 9.47 Å². The van der Waals surface area contributed by atoms with Gasteiger partial charge < -0.3 is 14.8 Å². The molecule has 1 N–H and O–H groups in total. The van der Waals surface area contributed by atoms with E-state index in [1.54, 1.807) is 43.5 Å². The fourth-order valence-corrected chi connectivity index (χ4v) is 3.58. The lowest BCUT2D eigenvalue weighted by molar-refractivity contribution is -0.148. The van der Waals surface area contributed by atoms with Gasteiger partial charge in [0.15, 0.2) is 6.61 Å². The van der Waals surface area contributed by atoms with Crippen LogP contribution >= 0.6 is 11.3 Å². The summed E-state index contributed by atoms with van der Waals surface area (Å²) >= 11 is 1.47. The molecule has 1 amide bonds. The lowest BCUT2D eigenvalue weighted by atomic mass is 10.1. The third kappa shape index (κ3) is 5.89. The van der Waals surface area contributed by atoms with Crippen LogP contribution in [0.15, 0.2) is 66.0 Å². The molecule has 0 aliphatic heterocycles. The Labute approximate surface area is 172 Å². The van der Waals surface area contributed by atoms with Crippen molar-refractivity contribution >= 4 is 23.2 Å². The summed E-state index contributed by atoms with van der Waals surface area (Å²) in [5.74, 6) is -0.655. The summed E-state index contributed by atoms with van der Waals surface area (Å²) < 4.78 is 23.5. The second-order valence-electron chi connectivity index (χ2n) is 6.26. The Balaban J connectivity index is 1.58. The van der Waals surface area contributed by atoms with Crippen molar-refractivity contribution in [3.8, 4) is 5.75 Å². The predicted octanol–water partition coefficient (Wildman–Crippen LogP) is 3.89. The van der Waals surface area contributed by atoms with Gasteiger partial charge in [0.1, 0.15) is 11.6 Å². The fraction of sp³-hybridized carbons (Fsp3) is 0.182. The molecule has 29 heavy (non-hydrogen) atoms. The van der Waals surface area contributed by atoms with Crippen LogP contribution in [0.4, 0.5) is 4.39 Å². The predicted molar refractivity (Wildman–Crippen MR) is 108 cm³/mol. The Hall–Kier alpha value is -3.19. The van der Waals surface area contributed by atoms with Gasteiger partial charge in [-0.05, 0) is 46.8 Å². The van der Waals surface area contributed by atoms with Crippen LogP contribution in [0.25, 0.3) is 0 Å². The first kappa shape index (κ1) is 20.5. The van der Waals surface area contributed by atoms with Gasteiger partial charge in [0.25, 0.3) is 5.91 Å². The van der Waals surface area contributed by atoms with Crippen molar-refractivity contribution in [1.29, 1.82) is 0 Å². The van der Waals surface area contributed by atoms with Crippen molar-refractivity contribution in [3.05, 3.63) is 87.9 Å². The molecule has 0 aliphatic carbocycles. The van der Waals surface area contributed by atoms with Gasteiger partial charge in [-0.1, -0.05) is 30.3 Å². The van der Waals surface area contributed by atoms with Gasteiger partial charge in [0.05, 0.1) is 19.6 Å². The molecule has 1 aromatic heterocycles. The second kappa shape index (κ2) is 9.84. The van der Waals surface area contributed by atoms with Crippen molar-refractivity contribution in [3.63, 3.8) is 0 Å². The van der Waals surface area contributed by atoms with Crippen LogP contribution in [0.1, 0.15) is 22.0 Å². The van der Waals surface area contributed by atoms with Crippen LogP contribution < -0.4 is 10.1 Å². The number of amides is 1. The maximum atomic E-state index is 13.2. The quantitative estimate of drug-likeness (QED) is 0.569. The monoisotopic (exact) mass is 413 g/mol. The number of benzene rings is 2. The van der Waals surface area contributed by atoms with Crippen LogP contribution in [0.2, 0.25) is 0 Å². The van der Waals surface area contributed by atoms with Crippen LogP contribution in [-0.4, -0.2) is 25.6 Å². The number of ether oxygens (including phenoxy) is 2. The Kier molecular flexibility index (Phi) is 6.97. The molecular formula is C22H20FNO4S. The van der Waals surface area contributed by atoms with E-state index in [0.717, 1.165) is 16.0 Å². The minimum absolute atomic E-state index is 0.0385. The number of methoxy groups -OCH3 is 1. The van der Waals surface area contributed by atoms with Crippen LogP contribution in [0.3, 0.4) is 0 Å². The average Bonchev–Trinajstić information content (AvgIpc) is 3.26. The van der Waals surface area contributed by atoms with Crippen molar-refractivity contribution < 1.29 is 23.5 Å². The van der Waals surface area contributed by atoms with Crippen LogP contribution in [0, 0.1) is 5.82 Å². The van der Waals surface area contributed by atoms with Gasteiger partial charge in [0, 0.05) is 4.88 Å². The summed E-state index contributed by atoms with van der Waals surface area (Å²) in [4.78, 5) is 25.3. The van der Waals surface area contributed by atoms with E-state index in [1.807, 2.05) is 17.5 Å². The molecule has 1 heterocycles. The first-order valence-corrected chi connectivity index (χ1v) is 9.80. The van der Waals surface area contributed by atoms with Gasteiger partial charge in [-0.3, -0.25) is 9.59 Å². The van der Waals surface area contributed by atoms with Crippen molar-refractivity contribution in [2.75, 3.05) is 13.7 Å². The van der Waals surface area contributed by atoms with Crippen molar-refractivity contribution in [2.45, 2.75) is 12.5 Å². The van der Waals surface area contributed by atoms with Gasteiger partial charge in [-0.25, -0.2) is 4.39 Å². The molecule has 0 spiro atoms. The number of rotatable bonds is 8. The zero-order valence-electron chi connectivity index (χ0n) is 15.8. The summed E-state index contributed by atoms with van der Waals surface area (Å²) in [6.45, 7) is -0.397. The topological polar surface area (TPSA) is 64.6 Å². The van der Waals surface area contributed by atoms with Crippen LogP contribution in [-0.2, 0) is 20.7 Å². The molecule has 0 saturated heterocycles. The highest BCUT2D eigenvalue weighted by Gasteiger charge is 2.19. The average molecular weight is 413 g/mol. The Morgan fingerprint density at radius 1 is 1.10 bits per heavy atom. The van der Waals surface area contributed by atoms with Crippen molar-refractivity contribution in [2.24, 2.45) is 0 Å². The Morgan fingerprint density at radius 2 is 1.90 bits per heavy atom. The summed E-state index contributed by atoms with van der Waals surface area (Å²) in [6.07, 6.45) is 0.0385. The van der Waals surface area contributed by atoms with E-state index in [2.05, 4.69) is 5.32 Å². The van der Waals surface area contributed by atoms with Crippen LogP contribution in [0.5, 0.6) is 5.75 Å². The maximum absolute atomic E-state index is 13.2. The normalized spacial score (nSPS) is 11.5. The summed E-state index contributed by atoms with van der Waals surface area (Å²) in [6, 6.07) is 16.3. The summed E-state index contributed by atoms with van der Waals surface area (Å²) in [5.41, 5.74) is 1.47. The molecule has 3 rings (SSSR count). The molecule has 0 bridgehead atoms. The molecule has 0 saturated carbocycles. The molecule has 0 fully saturated rings. The van der Waals surface area contributed by atoms with E-state index in [1.165, 1.54) is 23.5 Å². The second-order valence-corrected chi connectivity index (χ2v) is 7.24. The van der Waals surface area contributed by atoms with Gasteiger partial charge in [0.2, 0.25) is 0 Å². The van der Waals surface area contributed by atoms with E-state index in [9.17, 15) is 14.0 Å². The minimum Gasteiger partial charge on any atom is -0.497 e. The van der Waals surface area contributed by atoms with E-state index in [0.29, 0.717) is 5.75 Å². The van der Waals surface area contributed by atoms with Gasteiger partial charge >= 0.3 is 5.97 Å². The molecule has 2 aromatic carbocycles. The Bertz CT molecular complexity index is 957. The highest BCUT2D eigenvalue weighted by Crippen LogP contribution is 2.26. The largest absolute Gasteiger partial charge is 0.497 e. The first-order chi connectivity index (χ1) is 14.0. The number of halogens is 1. The zero-order valence-corrected chi connectivity index (χ0v) is 16.6. The first-order valence-electron chi connectivity index (χ1n) is 8.92. The highest BCUT2D eigenvalue weighted by molar-refractivity contribution is 7.10. The van der Waals surface area contributed by atoms with Gasteiger partial charge in [-0.15, -0.1) is 11.3 Å². The third-order valence-electron chi connectivity index (χ3n) is 4.18. The number of hydrogen-bond donors (Lipinski definition) is 1. The molecule has 5 nitrogen and oxygen atoms in total. The zero-order chi connectivity index (χ0) is 20.6. The smallest absolute Gasteiger partial charge is 0.310 e. The molecule has 3 aromatic rings. The molecule has 150 valence electrons. The summed E-state index contributed by atoms with van der Waals surface area (Å²) in [5, 5.41) is 4.74. The maximum Gasteiger partial charge on any atom is 0.310 e. The highest BCUT2D eigenvalue weighted by atomic mass is 32.1. The van der Waals surface area contributed by atoms with E-state index >= 15 is 0 Å². The number of hydrogen-bond acceptors (Lipinski definition) is 5. The SMILES string of the molecule is COc1cccc(CC(=O)OCC(=O)N[C@@H](c2ccc(F)cc2)c2cccs2)c1. The molecule has 7 heteroatoms. The number of carbonyl (C=O) groups is 2. The standard InChI is InChI=1S/C22H20FNO4S/c1-27-18-5-2-4-15(12-18)13-21(26)28-14-20(25)24-22(19-6-3-11-29-19)16-7-9-17(23)10-8-16/h2-12,22H,13-14H2,1H3,(H,24,25)/t22-/m0/s1. The molecule has 0 unspecified atom stereocenters. The fourth-order valence-electron chi connectivity index (χ4n) is 2.78. The molecule has 1 atom stereocenters. The lowest BCUT2D eigenvalue weighted by Gasteiger charge is -2.18. The minimum atomic E-state index is -0.511. The molecule has 0 radical (unpaired) electrons. The number of nitrogens with one attached hydrogen (secondary N) is 1. The number of carbonyl (C=O) groups excluding carboxylic acids is 2. The number of esters is 1. The molecule has 0 aliphatic rings. The number of thiophene rings is 1. The molecular weight excluding hydrogens is 393 g/mol. The van der Waals surface area contributed by atoms with E-state index < -0.39 is 24.5 Å². The third-order valence-corrected chi connectivity index (χ3v) is 5.12. The Morgan fingerprint density at radius 3 is 2.59 bits per heavy atom. The lowest BCUT2D eigenvalue weighted by Crippen LogP contribution is -2.33. The van der Waals surface area contributed by atoms with E-state index in [-0.39, 0.29) is 12.2 Å². The van der Waals surface area contributed by atoms with Gasteiger partial charge in [-0.2, -0.15) is 0 Å². The van der Waals surface area contributed by atoms with Crippen molar-refractivity contribution in [1.82, 2.24) is 5.32 Å².